The van der Waals surface area contributed by atoms with Crippen LogP contribution in [-0.2, 0) is 9.53 Å². The van der Waals surface area contributed by atoms with Gasteiger partial charge in [0.2, 0.25) is 0 Å². The number of ether oxygens (including phenoxy) is 1. The number of aliphatic carboxylic acids is 1. The van der Waals surface area contributed by atoms with Gasteiger partial charge in [-0.15, -0.1) is 0 Å². The van der Waals surface area contributed by atoms with Gasteiger partial charge >= 0.3 is 12.1 Å². The number of carboxylic acid groups (broad SMARTS) is 1. The second-order valence-electron chi connectivity index (χ2n) is 6.37. The van der Waals surface area contributed by atoms with Crippen LogP contribution in [0.25, 0.3) is 0 Å². The van der Waals surface area contributed by atoms with Crippen LogP contribution in [0.1, 0.15) is 40.0 Å². The Balaban J connectivity index is 2.00. The number of carboxylic acids is 1. The number of carbonyl (C=O) groups is 2. The Morgan fingerprint density at radius 1 is 1.22 bits per heavy atom. The number of amides is 1. The molecule has 0 aromatic heterocycles. The number of fused-ring (bicyclic) bond motifs is 2. The second-order valence-corrected chi connectivity index (χ2v) is 6.37. The molecule has 5 heteroatoms. The summed E-state index contributed by atoms with van der Waals surface area (Å²) in [5.74, 6) is -0.740. The maximum atomic E-state index is 11.7. The van der Waals surface area contributed by atoms with E-state index in [2.05, 4.69) is 5.32 Å². The van der Waals surface area contributed by atoms with Crippen LogP contribution in [0.4, 0.5) is 4.79 Å². The van der Waals surface area contributed by atoms with Gasteiger partial charge in [-0.05, 0) is 51.9 Å². The minimum atomic E-state index is -0.803. The molecule has 18 heavy (non-hydrogen) atoms. The number of alkyl carbamates (subject to hydrolysis) is 1. The highest BCUT2D eigenvalue weighted by Gasteiger charge is 2.51. The molecule has 2 rings (SSSR count). The van der Waals surface area contributed by atoms with Gasteiger partial charge in [-0.2, -0.15) is 0 Å². The highest BCUT2D eigenvalue weighted by molar-refractivity contribution is 5.75. The largest absolute Gasteiger partial charge is 0.481 e. The van der Waals surface area contributed by atoms with E-state index >= 15 is 0 Å². The van der Waals surface area contributed by atoms with Crippen molar-refractivity contribution in [1.82, 2.24) is 5.32 Å². The monoisotopic (exact) mass is 255 g/mol. The first-order valence-corrected chi connectivity index (χ1v) is 6.50. The molecule has 102 valence electrons. The topological polar surface area (TPSA) is 75.6 Å². The zero-order valence-electron chi connectivity index (χ0n) is 11.1. The molecule has 0 saturated heterocycles. The summed E-state index contributed by atoms with van der Waals surface area (Å²) in [6.07, 6.45) is 2.38. The molecule has 1 amide bonds. The third-order valence-corrected chi connectivity index (χ3v) is 3.88. The van der Waals surface area contributed by atoms with Crippen molar-refractivity contribution in [1.29, 1.82) is 0 Å². The normalized spacial score (nSPS) is 34.4. The van der Waals surface area contributed by atoms with Crippen molar-refractivity contribution in [3.63, 3.8) is 0 Å². The number of nitrogens with one attached hydrogen (secondary N) is 1. The van der Waals surface area contributed by atoms with Gasteiger partial charge in [0.25, 0.3) is 0 Å². The van der Waals surface area contributed by atoms with Crippen molar-refractivity contribution in [2.75, 3.05) is 0 Å². The molecule has 0 spiro atoms. The number of hydrogen-bond donors (Lipinski definition) is 2. The van der Waals surface area contributed by atoms with Crippen molar-refractivity contribution in [3.05, 3.63) is 0 Å². The maximum absolute atomic E-state index is 11.7. The van der Waals surface area contributed by atoms with Gasteiger partial charge < -0.3 is 15.2 Å². The Labute approximate surface area is 107 Å². The van der Waals surface area contributed by atoms with Gasteiger partial charge in [0, 0.05) is 6.04 Å². The Morgan fingerprint density at radius 3 is 2.39 bits per heavy atom. The molecule has 0 radical (unpaired) electrons. The summed E-state index contributed by atoms with van der Waals surface area (Å²) < 4.78 is 5.19. The molecule has 2 bridgehead atoms. The van der Waals surface area contributed by atoms with Gasteiger partial charge in [0.1, 0.15) is 5.60 Å². The molecule has 0 aromatic carbocycles. The van der Waals surface area contributed by atoms with Crippen LogP contribution >= 0.6 is 0 Å². The summed E-state index contributed by atoms with van der Waals surface area (Å²) in [7, 11) is 0. The molecule has 0 aromatic rings. The van der Waals surface area contributed by atoms with Crippen LogP contribution in [0.3, 0.4) is 0 Å². The first-order valence-electron chi connectivity index (χ1n) is 6.50. The minimum absolute atomic E-state index is 0.215. The molecule has 2 aliphatic carbocycles. The van der Waals surface area contributed by atoms with E-state index in [0.717, 1.165) is 19.3 Å². The number of carbonyl (C=O) groups excluding carboxylic acids is 1. The first kappa shape index (κ1) is 13.2. The van der Waals surface area contributed by atoms with Crippen molar-refractivity contribution >= 4 is 12.1 Å². The number of rotatable bonds is 2. The Bertz CT molecular complexity index is 360. The summed E-state index contributed by atoms with van der Waals surface area (Å²) in [6, 6.07) is -0.268. The van der Waals surface area contributed by atoms with E-state index in [1.807, 2.05) is 0 Å². The summed E-state index contributed by atoms with van der Waals surface area (Å²) in [4.78, 5) is 23.0. The van der Waals surface area contributed by atoms with Crippen LogP contribution in [0, 0.1) is 17.8 Å². The minimum Gasteiger partial charge on any atom is -0.481 e. The third kappa shape index (κ3) is 2.60. The van der Waals surface area contributed by atoms with Gasteiger partial charge in [-0.1, -0.05) is 0 Å². The van der Waals surface area contributed by atoms with E-state index in [1.165, 1.54) is 0 Å². The smallest absolute Gasteiger partial charge is 0.407 e. The van der Waals surface area contributed by atoms with Gasteiger partial charge in [0.15, 0.2) is 0 Å². The zero-order valence-corrected chi connectivity index (χ0v) is 11.1. The number of hydrogen-bond acceptors (Lipinski definition) is 3. The summed E-state index contributed by atoms with van der Waals surface area (Å²) in [6.45, 7) is 5.38. The van der Waals surface area contributed by atoms with E-state index < -0.39 is 23.6 Å². The molecule has 2 aliphatic rings. The molecule has 5 nitrogen and oxygen atoms in total. The van der Waals surface area contributed by atoms with Crippen LogP contribution in [0.2, 0.25) is 0 Å². The molecule has 2 unspecified atom stereocenters. The highest BCUT2D eigenvalue weighted by atomic mass is 16.6. The summed E-state index contributed by atoms with van der Waals surface area (Å²) >= 11 is 0. The van der Waals surface area contributed by atoms with Gasteiger partial charge in [0.05, 0.1) is 5.92 Å². The third-order valence-electron chi connectivity index (χ3n) is 3.88. The quantitative estimate of drug-likeness (QED) is 0.791. The van der Waals surface area contributed by atoms with E-state index in [-0.39, 0.29) is 12.0 Å². The lowest BCUT2D eigenvalue weighted by atomic mass is 9.84. The lowest BCUT2D eigenvalue weighted by Gasteiger charge is -2.30. The molecule has 4 atom stereocenters. The molecular weight excluding hydrogens is 234 g/mol. The van der Waals surface area contributed by atoms with E-state index in [4.69, 9.17) is 4.74 Å². The predicted octanol–water partition coefficient (Wildman–Crippen LogP) is 2.01. The fraction of sp³-hybridized carbons (Fsp3) is 0.846. The van der Waals surface area contributed by atoms with Crippen molar-refractivity contribution in [2.45, 2.75) is 51.7 Å². The Kier molecular flexibility index (Phi) is 3.25. The zero-order chi connectivity index (χ0) is 13.5. The van der Waals surface area contributed by atoms with Crippen molar-refractivity contribution < 1.29 is 19.4 Å². The van der Waals surface area contributed by atoms with E-state index in [9.17, 15) is 14.7 Å². The molecule has 2 fully saturated rings. The Morgan fingerprint density at radius 2 is 1.83 bits per heavy atom. The average molecular weight is 255 g/mol. The highest BCUT2D eigenvalue weighted by Crippen LogP contribution is 2.48. The van der Waals surface area contributed by atoms with Crippen LogP contribution in [0.5, 0.6) is 0 Å². The van der Waals surface area contributed by atoms with Crippen LogP contribution < -0.4 is 5.32 Å². The predicted molar refractivity (Wildman–Crippen MR) is 65.1 cm³/mol. The van der Waals surface area contributed by atoms with Crippen molar-refractivity contribution in [2.24, 2.45) is 17.8 Å². The average Bonchev–Trinajstić information content (AvgIpc) is 2.73. The second kappa shape index (κ2) is 4.44. The molecule has 2 saturated carbocycles. The fourth-order valence-electron chi connectivity index (χ4n) is 3.30. The van der Waals surface area contributed by atoms with E-state index in [0.29, 0.717) is 5.92 Å². The van der Waals surface area contributed by atoms with E-state index in [1.54, 1.807) is 20.8 Å². The Hall–Kier alpha value is -1.26. The lowest BCUT2D eigenvalue weighted by molar-refractivity contribution is -0.144. The lowest BCUT2D eigenvalue weighted by Crippen LogP contribution is -2.48. The van der Waals surface area contributed by atoms with Crippen LogP contribution in [-0.4, -0.2) is 28.8 Å². The summed E-state index contributed by atoms with van der Waals surface area (Å²) in [5.41, 5.74) is -0.555. The molecule has 0 aliphatic heterocycles. The maximum Gasteiger partial charge on any atom is 0.407 e. The fourth-order valence-corrected chi connectivity index (χ4v) is 3.30. The molecular formula is C13H21NO4. The SMILES string of the molecule is CC(C)(C)OC(=O)N[C@H]1C2CCC(C2)[C@@H]1C(=O)O. The summed E-state index contributed by atoms with van der Waals surface area (Å²) in [5, 5.41) is 12.0. The van der Waals surface area contributed by atoms with Crippen LogP contribution in [0.15, 0.2) is 0 Å². The molecule has 2 N–H and O–H groups in total. The van der Waals surface area contributed by atoms with Gasteiger partial charge in [-0.3, -0.25) is 4.79 Å². The van der Waals surface area contributed by atoms with Gasteiger partial charge in [-0.25, -0.2) is 4.79 Å². The van der Waals surface area contributed by atoms with Crippen molar-refractivity contribution in [3.8, 4) is 0 Å². The molecule has 0 heterocycles. The first-order chi connectivity index (χ1) is 8.28. The standard InChI is InChI=1S/C13H21NO4/c1-13(2,3)18-12(17)14-10-8-5-4-7(6-8)9(10)11(15)16/h7-10H,4-6H2,1-3H3,(H,14,17)(H,15,16)/t7?,8?,9-,10-/m0/s1.